The van der Waals surface area contributed by atoms with Crippen LogP contribution in [-0.2, 0) is 9.59 Å². The Morgan fingerprint density at radius 2 is 1.59 bits per heavy atom. The van der Waals surface area contributed by atoms with Crippen LogP contribution in [-0.4, -0.2) is 52.8 Å². The summed E-state index contributed by atoms with van der Waals surface area (Å²) < 4.78 is 0.862. The topological polar surface area (TPSA) is 60.9 Å². The van der Waals surface area contributed by atoms with Crippen molar-refractivity contribution in [1.82, 2.24) is 9.80 Å². The Morgan fingerprint density at radius 1 is 0.941 bits per heavy atom. The predicted octanol–water partition coefficient (Wildman–Crippen LogP) is 6.16. The van der Waals surface area contributed by atoms with Gasteiger partial charge in [0.25, 0.3) is 11.7 Å². The van der Waals surface area contributed by atoms with Gasteiger partial charge in [0.1, 0.15) is 5.76 Å². The Hall–Kier alpha value is -2.44. The van der Waals surface area contributed by atoms with Gasteiger partial charge in [0.05, 0.1) is 11.6 Å². The van der Waals surface area contributed by atoms with Crippen molar-refractivity contribution in [3.05, 3.63) is 75.8 Å². The van der Waals surface area contributed by atoms with E-state index in [9.17, 15) is 14.7 Å². The van der Waals surface area contributed by atoms with Crippen molar-refractivity contribution in [3.63, 3.8) is 0 Å². The molecule has 0 aromatic heterocycles. The Kier molecular flexibility index (Phi) is 9.90. The highest BCUT2D eigenvalue weighted by Gasteiger charge is 2.45. The molecule has 5 nitrogen and oxygen atoms in total. The fourth-order valence-electron chi connectivity index (χ4n) is 4.45. The number of Topliss-reactive ketones (excluding diaryl/α,β-unsaturated/α-hetero) is 1. The summed E-state index contributed by atoms with van der Waals surface area (Å²) in [7, 11) is 0. The van der Waals surface area contributed by atoms with Crippen LogP contribution in [0.25, 0.3) is 5.76 Å². The molecule has 1 aliphatic heterocycles. The summed E-state index contributed by atoms with van der Waals surface area (Å²) in [5.74, 6) is -1.30. The Bertz CT molecular complexity index is 998. The van der Waals surface area contributed by atoms with Crippen LogP contribution in [0.5, 0.6) is 0 Å². The third-order valence-electron chi connectivity index (χ3n) is 6.28. The second-order valence-electron chi connectivity index (χ2n) is 8.82. The molecule has 1 atom stereocenters. The third-order valence-corrected chi connectivity index (χ3v) is 6.77. The molecule has 1 amide bonds. The van der Waals surface area contributed by atoms with Gasteiger partial charge in [0.2, 0.25) is 0 Å². The van der Waals surface area contributed by atoms with Crippen molar-refractivity contribution in [3.8, 4) is 0 Å². The lowest BCUT2D eigenvalue weighted by atomic mass is 9.95. The molecule has 1 N–H and O–H groups in total. The molecule has 1 fully saturated rings. The number of nitrogens with zero attached hydrogens (tertiary/aromatic N) is 2. The number of hydrogen-bond acceptors (Lipinski definition) is 4. The fourth-order valence-corrected chi connectivity index (χ4v) is 4.87. The van der Waals surface area contributed by atoms with Crippen LogP contribution < -0.4 is 0 Å². The largest absolute Gasteiger partial charge is 0.507 e. The molecule has 0 bridgehead atoms. The van der Waals surface area contributed by atoms with Gasteiger partial charge in [0, 0.05) is 16.6 Å². The molecule has 0 saturated carbocycles. The first kappa shape index (κ1) is 26.2. The second kappa shape index (κ2) is 12.9. The summed E-state index contributed by atoms with van der Waals surface area (Å²) in [4.78, 5) is 30.4. The normalized spacial score (nSPS) is 17.6. The summed E-state index contributed by atoms with van der Waals surface area (Å²) in [6.07, 6.45) is 5.39. The molecule has 6 heteroatoms. The average molecular weight is 528 g/mol. The number of unbranched alkanes of at least 4 members (excludes halogenated alkanes) is 2. The number of rotatable bonds is 12. The molecule has 1 aliphatic rings. The minimum atomic E-state index is -0.625. The van der Waals surface area contributed by atoms with Crippen LogP contribution in [0.4, 0.5) is 0 Å². The first-order valence-corrected chi connectivity index (χ1v) is 13.1. The van der Waals surface area contributed by atoms with Crippen molar-refractivity contribution < 1.29 is 14.7 Å². The van der Waals surface area contributed by atoms with Gasteiger partial charge in [0.15, 0.2) is 0 Å². The SMILES string of the molecule is CCCCN(CCCC)CCCN1C(=O)C(=O)/C(=C(\O)c2ccccc2)C1c1cccc(Br)c1. The second-order valence-corrected chi connectivity index (χ2v) is 9.73. The van der Waals surface area contributed by atoms with E-state index in [2.05, 4.69) is 34.7 Å². The number of aliphatic hydroxyl groups excluding tert-OH is 1. The molecule has 0 radical (unpaired) electrons. The number of halogens is 1. The smallest absolute Gasteiger partial charge is 0.295 e. The summed E-state index contributed by atoms with van der Waals surface area (Å²) >= 11 is 3.51. The fraction of sp³-hybridized carbons (Fsp3) is 0.429. The maximum Gasteiger partial charge on any atom is 0.295 e. The van der Waals surface area contributed by atoms with E-state index in [-0.39, 0.29) is 11.3 Å². The van der Waals surface area contributed by atoms with E-state index in [0.29, 0.717) is 12.1 Å². The first-order chi connectivity index (χ1) is 16.5. The van der Waals surface area contributed by atoms with E-state index >= 15 is 0 Å². The first-order valence-electron chi connectivity index (χ1n) is 12.3. The van der Waals surface area contributed by atoms with E-state index in [0.717, 1.165) is 61.8 Å². The number of carbonyl (C=O) groups excluding carboxylic acids is 2. The third kappa shape index (κ3) is 6.36. The number of amides is 1. The molecule has 2 aromatic carbocycles. The zero-order valence-electron chi connectivity index (χ0n) is 20.2. The number of aliphatic hydroxyl groups is 1. The molecule has 0 spiro atoms. The van der Waals surface area contributed by atoms with E-state index in [1.54, 1.807) is 29.2 Å². The van der Waals surface area contributed by atoms with Gasteiger partial charge < -0.3 is 14.9 Å². The van der Waals surface area contributed by atoms with Crippen molar-refractivity contribution in [2.45, 2.75) is 52.0 Å². The van der Waals surface area contributed by atoms with Gasteiger partial charge in [-0.1, -0.05) is 85.1 Å². The highest BCUT2D eigenvalue weighted by atomic mass is 79.9. The lowest BCUT2D eigenvalue weighted by molar-refractivity contribution is -0.140. The Labute approximate surface area is 211 Å². The number of carbonyl (C=O) groups is 2. The maximum atomic E-state index is 13.1. The summed E-state index contributed by atoms with van der Waals surface area (Å²) in [5, 5.41) is 11.1. The van der Waals surface area contributed by atoms with Crippen LogP contribution in [0.2, 0.25) is 0 Å². The van der Waals surface area contributed by atoms with E-state index < -0.39 is 17.7 Å². The van der Waals surface area contributed by atoms with Crippen LogP contribution in [0, 0.1) is 0 Å². The standard InChI is InChI=1S/C28H35BrN2O3/c1-3-5-16-30(17-6-4-2)18-11-19-31-25(22-14-10-15-23(29)20-22)24(27(33)28(31)34)26(32)21-12-8-7-9-13-21/h7-10,12-15,20,25,32H,3-6,11,16-19H2,1-2H3/b26-24-. The van der Waals surface area contributed by atoms with Crippen LogP contribution in [0.3, 0.4) is 0 Å². The van der Waals surface area contributed by atoms with Crippen LogP contribution >= 0.6 is 15.9 Å². The molecule has 1 unspecified atom stereocenters. The Balaban J connectivity index is 1.89. The average Bonchev–Trinajstić information content (AvgIpc) is 3.10. The molecule has 182 valence electrons. The van der Waals surface area contributed by atoms with Crippen LogP contribution in [0.15, 0.2) is 64.6 Å². The maximum absolute atomic E-state index is 13.1. The van der Waals surface area contributed by atoms with Crippen molar-refractivity contribution in [2.24, 2.45) is 0 Å². The van der Waals surface area contributed by atoms with Gasteiger partial charge in [-0.25, -0.2) is 0 Å². The van der Waals surface area contributed by atoms with Crippen molar-refractivity contribution in [1.29, 1.82) is 0 Å². The highest BCUT2D eigenvalue weighted by molar-refractivity contribution is 9.10. The highest BCUT2D eigenvalue weighted by Crippen LogP contribution is 2.40. The zero-order chi connectivity index (χ0) is 24.5. The zero-order valence-corrected chi connectivity index (χ0v) is 21.8. The van der Waals surface area contributed by atoms with E-state index in [1.807, 2.05) is 30.3 Å². The minimum Gasteiger partial charge on any atom is -0.507 e. The molecule has 0 aliphatic carbocycles. The molecular formula is C28H35BrN2O3. The quantitative estimate of drug-likeness (QED) is 0.204. The predicted molar refractivity (Wildman–Crippen MR) is 140 cm³/mol. The van der Waals surface area contributed by atoms with Gasteiger partial charge in [-0.05, 0) is 56.6 Å². The summed E-state index contributed by atoms with van der Waals surface area (Å²) in [6.45, 7) is 7.84. The van der Waals surface area contributed by atoms with Crippen molar-refractivity contribution >= 4 is 33.4 Å². The number of likely N-dealkylation sites (tertiary alicyclic amines) is 1. The number of ketones is 1. The van der Waals surface area contributed by atoms with Crippen molar-refractivity contribution in [2.75, 3.05) is 26.2 Å². The Morgan fingerprint density at radius 3 is 2.21 bits per heavy atom. The lowest BCUT2D eigenvalue weighted by Gasteiger charge is -2.27. The van der Waals surface area contributed by atoms with E-state index in [4.69, 9.17) is 0 Å². The van der Waals surface area contributed by atoms with Gasteiger partial charge >= 0.3 is 0 Å². The monoisotopic (exact) mass is 526 g/mol. The molecular weight excluding hydrogens is 492 g/mol. The van der Waals surface area contributed by atoms with Gasteiger partial charge in [-0.2, -0.15) is 0 Å². The molecule has 2 aromatic rings. The molecule has 34 heavy (non-hydrogen) atoms. The lowest BCUT2D eigenvalue weighted by Crippen LogP contribution is -2.34. The van der Waals surface area contributed by atoms with Gasteiger partial charge in [-0.15, -0.1) is 0 Å². The number of benzene rings is 2. The molecule has 3 rings (SSSR count). The summed E-state index contributed by atoms with van der Waals surface area (Å²) in [5.41, 5.74) is 1.49. The molecule has 1 heterocycles. The molecule has 1 saturated heterocycles. The van der Waals surface area contributed by atoms with Crippen LogP contribution in [0.1, 0.15) is 63.1 Å². The number of hydrogen-bond donors (Lipinski definition) is 1. The van der Waals surface area contributed by atoms with E-state index in [1.165, 1.54) is 0 Å². The minimum absolute atomic E-state index is 0.126. The summed E-state index contributed by atoms with van der Waals surface area (Å²) in [6, 6.07) is 16.0. The van der Waals surface area contributed by atoms with Gasteiger partial charge in [-0.3, -0.25) is 9.59 Å².